The Balaban J connectivity index is 2.29. The van der Waals surface area contributed by atoms with Crippen molar-refractivity contribution < 1.29 is 14.0 Å². The molecule has 0 fully saturated rings. The van der Waals surface area contributed by atoms with Crippen LogP contribution in [0.4, 0.5) is 0 Å². The lowest BCUT2D eigenvalue weighted by Gasteiger charge is -2.03. The Labute approximate surface area is 110 Å². The second-order valence-electron chi connectivity index (χ2n) is 3.75. The summed E-state index contributed by atoms with van der Waals surface area (Å²) in [4.78, 5) is 22.5. The second kappa shape index (κ2) is 7.66. The van der Waals surface area contributed by atoms with Gasteiger partial charge in [0, 0.05) is 5.71 Å². The van der Waals surface area contributed by atoms with E-state index in [2.05, 4.69) is 15.8 Å². The SMILES string of the molecule is C/C(CC(=O)NCc1ccco1)=N/NC(=O)CC#N. The summed E-state index contributed by atoms with van der Waals surface area (Å²) >= 11 is 0. The smallest absolute Gasteiger partial charge is 0.254 e. The van der Waals surface area contributed by atoms with Gasteiger partial charge in [0.2, 0.25) is 5.91 Å². The molecule has 100 valence electrons. The summed E-state index contributed by atoms with van der Waals surface area (Å²) in [6, 6.07) is 5.19. The van der Waals surface area contributed by atoms with E-state index in [-0.39, 0.29) is 18.7 Å². The van der Waals surface area contributed by atoms with E-state index in [9.17, 15) is 9.59 Å². The van der Waals surface area contributed by atoms with Gasteiger partial charge in [-0.1, -0.05) is 0 Å². The van der Waals surface area contributed by atoms with Crippen molar-refractivity contribution in [1.29, 1.82) is 5.26 Å². The summed E-state index contributed by atoms with van der Waals surface area (Å²) in [5, 5.41) is 14.6. The molecule has 0 saturated carbocycles. The third-order valence-electron chi connectivity index (χ3n) is 2.07. The first-order valence-electron chi connectivity index (χ1n) is 5.60. The van der Waals surface area contributed by atoms with Gasteiger partial charge in [-0.3, -0.25) is 9.59 Å². The Morgan fingerprint density at radius 1 is 1.47 bits per heavy atom. The summed E-state index contributed by atoms with van der Waals surface area (Å²) in [6.07, 6.45) is 1.33. The number of nitrogens with one attached hydrogen (secondary N) is 2. The van der Waals surface area contributed by atoms with Crippen LogP contribution < -0.4 is 10.7 Å². The summed E-state index contributed by atoms with van der Waals surface area (Å²) in [6.45, 7) is 1.92. The summed E-state index contributed by atoms with van der Waals surface area (Å²) < 4.78 is 5.06. The number of rotatable bonds is 6. The molecule has 0 aromatic carbocycles. The van der Waals surface area contributed by atoms with Gasteiger partial charge in [0.15, 0.2) is 0 Å². The zero-order chi connectivity index (χ0) is 14.1. The van der Waals surface area contributed by atoms with Crippen molar-refractivity contribution >= 4 is 17.5 Å². The lowest BCUT2D eigenvalue weighted by molar-refractivity contribution is -0.121. The van der Waals surface area contributed by atoms with Crippen molar-refractivity contribution in [2.45, 2.75) is 26.3 Å². The normalized spacial score (nSPS) is 10.6. The average molecular weight is 262 g/mol. The number of hydrogen-bond acceptors (Lipinski definition) is 5. The first-order valence-corrected chi connectivity index (χ1v) is 5.60. The molecule has 0 unspecified atom stereocenters. The molecule has 0 aliphatic rings. The van der Waals surface area contributed by atoms with Crippen LogP contribution in [0.1, 0.15) is 25.5 Å². The summed E-state index contributed by atoms with van der Waals surface area (Å²) in [5.41, 5.74) is 2.63. The molecule has 0 radical (unpaired) electrons. The highest BCUT2D eigenvalue weighted by Gasteiger charge is 2.05. The van der Waals surface area contributed by atoms with Gasteiger partial charge in [-0.25, -0.2) is 5.43 Å². The molecule has 1 aromatic heterocycles. The van der Waals surface area contributed by atoms with Crippen LogP contribution in [0.2, 0.25) is 0 Å². The van der Waals surface area contributed by atoms with E-state index in [4.69, 9.17) is 9.68 Å². The van der Waals surface area contributed by atoms with Crippen molar-refractivity contribution in [3.63, 3.8) is 0 Å². The van der Waals surface area contributed by atoms with Crippen molar-refractivity contribution in [3.8, 4) is 6.07 Å². The molecule has 0 atom stereocenters. The first kappa shape index (κ1) is 14.4. The first-order chi connectivity index (χ1) is 9.11. The average Bonchev–Trinajstić information content (AvgIpc) is 2.87. The molecule has 0 saturated heterocycles. The number of carbonyl (C=O) groups is 2. The fourth-order valence-corrected chi connectivity index (χ4v) is 1.20. The van der Waals surface area contributed by atoms with Crippen molar-refractivity contribution in [2.24, 2.45) is 5.10 Å². The predicted molar refractivity (Wildman–Crippen MR) is 66.7 cm³/mol. The van der Waals surface area contributed by atoms with Crippen LogP contribution in [0.25, 0.3) is 0 Å². The fraction of sp³-hybridized carbons (Fsp3) is 0.333. The van der Waals surface area contributed by atoms with E-state index in [1.165, 1.54) is 6.26 Å². The van der Waals surface area contributed by atoms with Gasteiger partial charge in [-0.15, -0.1) is 0 Å². The highest BCUT2D eigenvalue weighted by Crippen LogP contribution is 1.98. The molecule has 0 aliphatic carbocycles. The summed E-state index contributed by atoms with van der Waals surface area (Å²) in [5.74, 6) is -0.0738. The van der Waals surface area contributed by atoms with Gasteiger partial charge in [0.1, 0.15) is 12.2 Å². The maximum absolute atomic E-state index is 11.5. The number of hydrazone groups is 1. The van der Waals surface area contributed by atoms with E-state index >= 15 is 0 Å². The highest BCUT2D eigenvalue weighted by molar-refractivity contribution is 6.00. The lowest BCUT2D eigenvalue weighted by atomic mass is 10.3. The molecule has 2 amide bonds. The maximum Gasteiger partial charge on any atom is 0.254 e. The number of furan rings is 1. The number of carbonyl (C=O) groups excluding carboxylic acids is 2. The van der Waals surface area contributed by atoms with Crippen LogP contribution in [0.5, 0.6) is 0 Å². The third kappa shape index (κ3) is 6.02. The van der Waals surface area contributed by atoms with E-state index < -0.39 is 5.91 Å². The molecule has 0 spiro atoms. The zero-order valence-electron chi connectivity index (χ0n) is 10.5. The van der Waals surface area contributed by atoms with E-state index in [0.717, 1.165) is 0 Å². The van der Waals surface area contributed by atoms with Crippen molar-refractivity contribution in [1.82, 2.24) is 10.7 Å². The van der Waals surface area contributed by atoms with E-state index in [0.29, 0.717) is 18.0 Å². The highest BCUT2D eigenvalue weighted by atomic mass is 16.3. The topological polar surface area (TPSA) is 107 Å². The molecule has 19 heavy (non-hydrogen) atoms. The largest absolute Gasteiger partial charge is 0.467 e. The zero-order valence-corrected chi connectivity index (χ0v) is 10.5. The van der Waals surface area contributed by atoms with Gasteiger partial charge >= 0.3 is 0 Å². The minimum Gasteiger partial charge on any atom is -0.467 e. The molecule has 0 bridgehead atoms. The maximum atomic E-state index is 11.5. The second-order valence-corrected chi connectivity index (χ2v) is 3.75. The van der Waals surface area contributed by atoms with Crippen LogP contribution in [0, 0.1) is 11.3 Å². The van der Waals surface area contributed by atoms with Gasteiger partial charge in [-0.05, 0) is 19.1 Å². The van der Waals surface area contributed by atoms with Crippen LogP contribution in [-0.4, -0.2) is 17.5 Å². The van der Waals surface area contributed by atoms with Crippen LogP contribution in [0.15, 0.2) is 27.9 Å². The molecule has 2 N–H and O–H groups in total. The van der Waals surface area contributed by atoms with Gasteiger partial charge in [0.05, 0.1) is 25.3 Å². The van der Waals surface area contributed by atoms with Crippen LogP contribution in [-0.2, 0) is 16.1 Å². The lowest BCUT2D eigenvalue weighted by Crippen LogP contribution is -2.25. The van der Waals surface area contributed by atoms with E-state index in [1.807, 2.05) is 0 Å². The Morgan fingerprint density at radius 2 is 2.26 bits per heavy atom. The number of nitriles is 1. The Morgan fingerprint density at radius 3 is 2.89 bits per heavy atom. The standard InChI is InChI=1S/C12H14N4O3/c1-9(15-16-11(17)4-5-13)7-12(18)14-8-10-3-2-6-19-10/h2-3,6H,4,7-8H2,1H3,(H,14,18)(H,16,17)/b15-9-. The van der Waals surface area contributed by atoms with Gasteiger partial charge in [-0.2, -0.15) is 10.4 Å². The number of amides is 2. The molecule has 7 heteroatoms. The molecular formula is C12H14N4O3. The van der Waals surface area contributed by atoms with Gasteiger partial charge < -0.3 is 9.73 Å². The molecule has 1 heterocycles. The number of nitrogens with zero attached hydrogens (tertiary/aromatic N) is 2. The Hall–Kier alpha value is -2.62. The minimum absolute atomic E-state index is 0.0630. The van der Waals surface area contributed by atoms with Gasteiger partial charge in [0.25, 0.3) is 5.91 Å². The summed E-state index contributed by atoms with van der Waals surface area (Å²) in [7, 11) is 0. The molecule has 7 nitrogen and oxygen atoms in total. The molecule has 1 rings (SSSR count). The third-order valence-corrected chi connectivity index (χ3v) is 2.07. The van der Waals surface area contributed by atoms with Crippen LogP contribution in [0.3, 0.4) is 0 Å². The Bertz CT molecular complexity index is 500. The quantitative estimate of drug-likeness (QED) is 0.580. The fourth-order valence-electron chi connectivity index (χ4n) is 1.20. The predicted octanol–water partition coefficient (Wildman–Crippen LogP) is 0.692. The monoisotopic (exact) mass is 262 g/mol. The number of hydrogen-bond donors (Lipinski definition) is 2. The Kier molecular flexibility index (Phi) is 5.82. The minimum atomic E-state index is -0.502. The van der Waals surface area contributed by atoms with E-state index in [1.54, 1.807) is 25.1 Å². The molecular weight excluding hydrogens is 248 g/mol. The van der Waals surface area contributed by atoms with Crippen molar-refractivity contribution in [2.75, 3.05) is 0 Å². The molecule has 0 aliphatic heterocycles. The van der Waals surface area contributed by atoms with Crippen molar-refractivity contribution in [3.05, 3.63) is 24.2 Å². The molecule has 1 aromatic rings. The van der Waals surface area contributed by atoms with Crippen LogP contribution >= 0.6 is 0 Å².